The maximum absolute atomic E-state index is 13.4. The third kappa shape index (κ3) is 4.31. The first-order valence-corrected chi connectivity index (χ1v) is 13.6. The molecule has 0 N–H and O–H groups in total. The van der Waals surface area contributed by atoms with Crippen molar-refractivity contribution in [1.82, 2.24) is 19.6 Å². The highest BCUT2D eigenvalue weighted by Gasteiger charge is 2.43. The molecule has 0 saturated carbocycles. The fourth-order valence-corrected chi connectivity index (χ4v) is 6.74. The number of piperazine rings is 1. The van der Waals surface area contributed by atoms with Crippen LogP contribution in [0, 0.1) is 0 Å². The summed E-state index contributed by atoms with van der Waals surface area (Å²) in [5.74, 6) is -0.0646. The molecule has 1 atom stereocenters. The second kappa shape index (κ2) is 9.13. The highest BCUT2D eigenvalue weighted by Crippen LogP contribution is 2.45. The monoisotopic (exact) mass is 533 g/mol. The van der Waals surface area contributed by atoms with Crippen molar-refractivity contribution in [3.8, 4) is 16.9 Å². The van der Waals surface area contributed by atoms with Crippen LogP contribution in [0.4, 0.5) is 5.69 Å². The lowest BCUT2D eigenvalue weighted by atomic mass is 10.1. The summed E-state index contributed by atoms with van der Waals surface area (Å²) in [6.45, 7) is 3.78. The second-order valence-electron chi connectivity index (χ2n) is 8.76. The minimum Gasteiger partial charge on any atom is -0.340 e. The quantitative estimate of drug-likeness (QED) is 0.511. The molecule has 1 saturated heterocycles. The first-order chi connectivity index (χ1) is 16.7. The molecule has 5 rings (SSSR count). The van der Waals surface area contributed by atoms with Crippen LogP contribution >= 0.6 is 23.2 Å². The Hall–Kier alpha value is -2.59. The largest absolute Gasteiger partial charge is 0.340 e. The molecule has 1 unspecified atom stereocenters. The third-order valence-corrected chi connectivity index (χ3v) is 8.98. The molecule has 184 valence electrons. The molecule has 8 nitrogen and oxygen atoms in total. The fourth-order valence-electron chi connectivity index (χ4n) is 4.80. The molecule has 1 amide bonds. The van der Waals surface area contributed by atoms with Crippen LogP contribution in [0.5, 0.6) is 0 Å². The van der Waals surface area contributed by atoms with E-state index >= 15 is 0 Å². The van der Waals surface area contributed by atoms with E-state index in [2.05, 4.69) is 4.90 Å². The highest BCUT2D eigenvalue weighted by molar-refractivity contribution is 7.92. The van der Waals surface area contributed by atoms with Gasteiger partial charge in [0.05, 0.1) is 28.2 Å². The van der Waals surface area contributed by atoms with Crippen LogP contribution in [-0.2, 0) is 14.8 Å². The molecule has 1 aromatic heterocycles. The average molecular weight is 534 g/mol. The maximum Gasteiger partial charge on any atom is 0.236 e. The van der Waals surface area contributed by atoms with E-state index in [-0.39, 0.29) is 11.7 Å². The standard InChI is InChI=1S/C24H25Cl2N5O3S/c1-16(32)29-10-12-30(13-11-29)21-15-35(33,34)28(2)24-22(21)27-31(20-9-8-18(25)14-19(20)26)23(24)17-6-4-3-5-7-17/h3-9,14,21H,10-13,15H2,1-2H3. The van der Waals surface area contributed by atoms with Crippen molar-refractivity contribution in [2.45, 2.75) is 13.0 Å². The lowest BCUT2D eigenvalue weighted by Crippen LogP contribution is -2.52. The van der Waals surface area contributed by atoms with E-state index in [1.165, 1.54) is 4.31 Å². The zero-order chi connectivity index (χ0) is 24.9. The molecule has 2 aliphatic rings. The smallest absolute Gasteiger partial charge is 0.236 e. The van der Waals surface area contributed by atoms with Crippen molar-refractivity contribution in [1.29, 1.82) is 0 Å². The third-order valence-electron chi connectivity index (χ3n) is 6.69. The summed E-state index contributed by atoms with van der Waals surface area (Å²) in [4.78, 5) is 15.7. The number of halogens is 2. The number of rotatable bonds is 3. The lowest BCUT2D eigenvalue weighted by molar-refractivity contribution is -0.130. The Morgan fingerprint density at radius 2 is 1.71 bits per heavy atom. The van der Waals surface area contributed by atoms with E-state index in [1.54, 1.807) is 41.8 Å². The van der Waals surface area contributed by atoms with Gasteiger partial charge >= 0.3 is 0 Å². The molecule has 11 heteroatoms. The van der Waals surface area contributed by atoms with Crippen LogP contribution < -0.4 is 4.31 Å². The van der Waals surface area contributed by atoms with E-state index < -0.39 is 16.1 Å². The van der Waals surface area contributed by atoms with Crippen LogP contribution in [0.15, 0.2) is 48.5 Å². The summed E-state index contributed by atoms with van der Waals surface area (Å²) < 4.78 is 29.8. The van der Waals surface area contributed by atoms with Crippen molar-refractivity contribution in [2.75, 3.05) is 43.3 Å². The number of hydrogen-bond donors (Lipinski definition) is 0. The molecule has 3 heterocycles. The number of aromatic nitrogens is 2. The Labute approximate surface area is 214 Å². The number of nitrogens with zero attached hydrogens (tertiary/aromatic N) is 5. The number of benzene rings is 2. The maximum atomic E-state index is 13.4. The van der Waals surface area contributed by atoms with Gasteiger partial charge in [0, 0.05) is 50.7 Å². The predicted octanol–water partition coefficient (Wildman–Crippen LogP) is 3.83. The number of amides is 1. The summed E-state index contributed by atoms with van der Waals surface area (Å²) in [5, 5.41) is 5.88. The van der Waals surface area contributed by atoms with Crippen LogP contribution in [0.1, 0.15) is 18.7 Å². The highest BCUT2D eigenvalue weighted by atomic mass is 35.5. The minimum atomic E-state index is -3.62. The lowest BCUT2D eigenvalue weighted by Gasteiger charge is -2.41. The topological polar surface area (TPSA) is 78.8 Å². The molecule has 3 aromatic rings. The van der Waals surface area contributed by atoms with Gasteiger partial charge in [-0.1, -0.05) is 53.5 Å². The summed E-state index contributed by atoms with van der Waals surface area (Å²) in [7, 11) is -2.05. The van der Waals surface area contributed by atoms with Gasteiger partial charge in [0.15, 0.2) is 0 Å². The van der Waals surface area contributed by atoms with Gasteiger partial charge in [-0.25, -0.2) is 13.1 Å². The van der Waals surface area contributed by atoms with Gasteiger partial charge in [-0.15, -0.1) is 0 Å². The molecular weight excluding hydrogens is 509 g/mol. The van der Waals surface area contributed by atoms with E-state index in [1.807, 2.05) is 30.3 Å². The first-order valence-electron chi connectivity index (χ1n) is 11.3. The molecule has 0 bridgehead atoms. The summed E-state index contributed by atoms with van der Waals surface area (Å²) in [6, 6.07) is 14.3. The summed E-state index contributed by atoms with van der Waals surface area (Å²) in [5.41, 5.74) is 3.27. The van der Waals surface area contributed by atoms with Crippen molar-refractivity contribution in [3.05, 3.63) is 64.3 Å². The SMILES string of the molecule is CC(=O)N1CCN(C2CS(=O)(=O)N(C)c3c2nn(-c2ccc(Cl)cc2Cl)c3-c2ccccc2)CC1. The molecule has 2 aliphatic heterocycles. The Morgan fingerprint density at radius 1 is 1.03 bits per heavy atom. The van der Waals surface area contributed by atoms with Crippen molar-refractivity contribution < 1.29 is 13.2 Å². The number of carbonyl (C=O) groups is 1. The Balaban J connectivity index is 1.71. The Morgan fingerprint density at radius 3 is 2.34 bits per heavy atom. The van der Waals surface area contributed by atoms with Crippen LogP contribution in [0.3, 0.4) is 0 Å². The zero-order valence-corrected chi connectivity index (χ0v) is 21.7. The first kappa shape index (κ1) is 24.1. The zero-order valence-electron chi connectivity index (χ0n) is 19.4. The van der Waals surface area contributed by atoms with E-state index in [9.17, 15) is 13.2 Å². The second-order valence-corrected chi connectivity index (χ2v) is 11.6. The molecule has 0 spiro atoms. The molecule has 0 radical (unpaired) electrons. The van der Waals surface area contributed by atoms with Gasteiger partial charge in [0.25, 0.3) is 0 Å². The van der Waals surface area contributed by atoms with Gasteiger partial charge in [0.1, 0.15) is 11.4 Å². The number of sulfonamides is 1. The van der Waals surface area contributed by atoms with Gasteiger partial charge < -0.3 is 4.90 Å². The average Bonchev–Trinajstić information content (AvgIpc) is 3.22. The number of carbonyl (C=O) groups excluding carboxylic acids is 1. The van der Waals surface area contributed by atoms with Crippen LogP contribution in [-0.4, -0.2) is 72.9 Å². The molecular formula is C24H25Cl2N5O3S. The molecule has 1 fully saturated rings. The number of hydrogen-bond acceptors (Lipinski definition) is 5. The van der Waals surface area contributed by atoms with Gasteiger partial charge in [-0.05, 0) is 18.2 Å². The van der Waals surface area contributed by atoms with Gasteiger partial charge in [-0.2, -0.15) is 5.10 Å². The molecule has 0 aliphatic carbocycles. The van der Waals surface area contributed by atoms with Crippen molar-refractivity contribution in [3.63, 3.8) is 0 Å². The Bertz CT molecular complexity index is 1390. The van der Waals surface area contributed by atoms with E-state index in [0.29, 0.717) is 59.0 Å². The summed E-state index contributed by atoms with van der Waals surface area (Å²) >= 11 is 12.7. The van der Waals surface area contributed by atoms with Gasteiger partial charge in [0.2, 0.25) is 15.9 Å². The van der Waals surface area contributed by atoms with Crippen LogP contribution in [0.25, 0.3) is 16.9 Å². The molecule has 2 aromatic carbocycles. The predicted molar refractivity (Wildman–Crippen MR) is 138 cm³/mol. The number of fused-ring (bicyclic) bond motifs is 1. The molecule has 35 heavy (non-hydrogen) atoms. The van der Waals surface area contributed by atoms with Gasteiger partial charge in [-0.3, -0.25) is 14.0 Å². The Kier molecular flexibility index (Phi) is 6.29. The minimum absolute atomic E-state index is 0.0226. The van der Waals surface area contributed by atoms with Crippen molar-refractivity contribution in [2.24, 2.45) is 0 Å². The van der Waals surface area contributed by atoms with Crippen molar-refractivity contribution >= 4 is 44.8 Å². The summed E-state index contributed by atoms with van der Waals surface area (Å²) in [6.07, 6.45) is 0. The van der Waals surface area contributed by atoms with Crippen LogP contribution in [0.2, 0.25) is 10.0 Å². The number of anilines is 1. The van der Waals surface area contributed by atoms with E-state index in [0.717, 1.165) is 5.56 Å². The normalized spacial score (nSPS) is 20.1. The van der Waals surface area contributed by atoms with E-state index in [4.69, 9.17) is 28.3 Å². The fraction of sp³-hybridized carbons (Fsp3) is 0.333.